The van der Waals surface area contributed by atoms with Crippen LogP contribution in [0.25, 0.3) is 11.6 Å². The van der Waals surface area contributed by atoms with E-state index in [9.17, 15) is 4.79 Å². The highest BCUT2D eigenvalue weighted by Gasteiger charge is 2.28. The van der Waals surface area contributed by atoms with E-state index in [1.807, 2.05) is 0 Å². The predicted molar refractivity (Wildman–Crippen MR) is 143 cm³/mol. The lowest BCUT2D eigenvalue weighted by Gasteiger charge is -2.21. The van der Waals surface area contributed by atoms with Crippen molar-refractivity contribution in [2.45, 2.75) is 84.1 Å². The molecule has 0 amide bonds. The molecule has 0 spiro atoms. The smallest absolute Gasteiger partial charge is 0.327 e. The largest absolute Gasteiger partial charge is 0.464 e. The molecule has 1 aliphatic carbocycles. The number of allylic oxidation sites excluding steroid dienone is 1. The van der Waals surface area contributed by atoms with E-state index in [0.29, 0.717) is 6.61 Å². The molecule has 0 saturated heterocycles. The number of aryl methyl sites for hydroxylation is 4. The van der Waals surface area contributed by atoms with Crippen LogP contribution in [0, 0.1) is 0 Å². The van der Waals surface area contributed by atoms with E-state index in [-0.39, 0.29) is 6.54 Å². The van der Waals surface area contributed by atoms with Gasteiger partial charge in [-0.3, -0.25) is 4.79 Å². The van der Waals surface area contributed by atoms with Crippen LogP contribution in [0.1, 0.15) is 86.3 Å². The molecule has 0 radical (unpaired) electrons. The second-order valence-corrected chi connectivity index (χ2v) is 9.87. The van der Waals surface area contributed by atoms with Gasteiger partial charge in [-0.05, 0) is 90.8 Å². The summed E-state index contributed by atoms with van der Waals surface area (Å²) in [4.78, 5) is 12.0. The van der Waals surface area contributed by atoms with Crippen molar-refractivity contribution in [1.29, 1.82) is 0 Å². The molecule has 0 fully saturated rings. The van der Waals surface area contributed by atoms with Gasteiger partial charge in [-0.15, -0.1) is 0 Å². The van der Waals surface area contributed by atoms with Gasteiger partial charge in [0.15, 0.2) is 0 Å². The van der Waals surface area contributed by atoms with Crippen molar-refractivity contribution < 1.29 is 9.53 Å². The fourth-order valence-electron chi connectivity index (χ4n) is 4.58. The summed E-state index contributed by atoms with van der Waals surface area (Å²) in [5, 5.41) is 0. The van der Waals surface area contributed by atoms with E-state index in [4.69, 9.17) is 16.2 Å². The molecule has 0 aromatic heterocycles. The molecule has 1 atom stereocenters. The van der Waals surface area contributed by atoms with Gasteiger partial charge in [0, 0.05) is 6.54 Å². The molecule has 4 heteroatoms. The molecule has 0 bridgehead atoms. The zero-order valence-electron chi connectivity index (χ0n) is 21.3. The standard InChI is InChI=1S/C30H42N2O2/c1-4-6-7-9-22-12-16-28(24(5-2)18-22)26-15-14-25-13-11-23(19-27(25)20-26)10-8-17-34-29(33)30(3,32)21-31/h11-13,16,18-20H,4-10,14-15,17,21,31-32H2,1-3H3. The molecule has 0 heterocycles. The third-order valence-electron chi connectivity index (χ3n) is 6.90. The molecule has 184 valence electrons. The van der Waals surface area contributed by atoms with Crippen LogP contribution >= 0.6 is 0 Å². The topological polar surface area (TPSA) is 78.3 Å². The first kappa shape index (κ1) is 26.2. The number of fused-ring (bicyclic) bond motifs is 1. The molecule has 3 rings (SSSR count). The second-order valence-electron chi connectivity index (χ2n) is 9.87. The number of carbonyl (C=O) groups excluding carboxylic acids is 1. The van der Waals surface area contributed by atoms with E-state index in [1.165, 1.54) is 64.6 Å². The molecular formula is C30H42N2O2. The number of esters is 1. The van der Waals surface area contributed by atoms with Crippen molar-refractivity contribution in [1.82, 2.24) is 0 Å². The van der Waals surface area contributed by atoms with Crippen LogP contribution in [0.2, 0.25) is 0 Å². The van der Waals surface area contributed by atoms with Gasteiger partial charge < -0.3 is 16.2 Å². The summed E-state index contributed by atoms with van der Waals surface area (Å²) in [6.07, 6.45) is 12.3. The highest BCUT2D eigenvalue weighted by atomic mass is 16.5. The van der Waals surface area contributed by atoms with Crippen LogP contribution in [-0.4, -0.2) is 24.7 Å². The highest BCUT2D eigenvalue weighted by Crippen LogP contribution is 2.33. The summed E-state index contributed by atoms with van der Waals surface area (Å²) in [7, 11) is 0. The van der Waals surface area contributed by atoms with Gasteiger partial charge in [0.25, 0.3) is 0 Å². The monoisotopic (exact) mass is 462 g/mol. The lowest BCUT2D eigenvalue weighted by Crippen LogP contribution is -2.52. The fourth-order valence-corrected chi connectivity index (χ4v) is 4.58. The van der Waals surface area contributed by atoms with Crippen LogP contribution < -0.4 is 11.5 Å². The number of unbranched alkanes of at least 4 members (excludes halogenated alkanes) is 2. The lowest BCUT2D eigenvalue weighted by atomic mass is 9.85. The van der Waals surface area contributed by atoms with E-state index < -0.39 is 11.5 Å². The molecule has 0 saturated carbocycles. The van der Waals surface area contributed by atoms with E-state index in [1.54, 1.807) is 6.92 Å². The molecule has 0 aliphatic heterocycles. The van der Waals surface area contributed by atoms with Crippen molar-refractivity contribution in [3.8, 4) is 0 Å². The van der Waals surface area contributed by atoms with Crippen molar-refractivity contribution in [2.75, 3.05) is 13.2 Å². The quantitative estimate of drug-likeness (QED) is 0.317. The molecule has 4 N–H and O–H groups in total. The first-order chi connectivity index (χ1) is 16.4. The Balaban J connectivity index is 1.67. The van der Waals surface area contributed by atoms with Gasteiger partial charge in [0.1, 0.15) is 5.54 Å². The third-order valence-corrected chi connectivity index (χ3v) is 6.90. The number of carbonyl (C=O) groups is 1. The maximum atomic E-state index is 12.0. The molecule has 2 aromatic carbocycles. The van der Waals surface area contributed by atoms with E-state index >= 15 is 0 Å². The Morgan fingerprint density at radius 3 is 2.47 bits per heavy atom. The van der Waals surface area contributed by atoms with Crippen LogP contribution in [0.4, 0.5) is 0 Å². The summed E-state index contributed by atoms with van der Waals surface area (Å²) in [5.74, 6) is -0.434. The average molecular weight is 463 g/mol. The molecule has 4 nitrogen and oxygen atoms in total. The number of ether oxygens (including phenoxy) is 1. The fraction of sp³-hybridized carbons (Fsp3) is 0.500. The number of hydrogen-bond donors (Lipinski definition) is 2. The molecule has 34 heavy (non-hydrogen) atoms. The van der Waals surface area contributed by atoms with E-state index in [2.05, 4.69) is 56.3 Å². The van der Waals surface area contributed by atoms with Gasteiger partial charge in [0.2, 0.25) is 0 Å². The zero-order chi connectivity index (χ0) is 24.6. The summed E-state index contributed by atoms with van der Waals surface area (Å²) < 4.78 is 5.32. The Bertz CT molecular complexity index is 1010. The molecule has 1 unspecified atom stereocenters. The molecule has 1 aliphatic rings. The van der Waals surface area contributed by atoms with Crippen LogP contribution in [-0.2, 0) is 35.2 Å². The number of benzene rings is 2. The van der Waals surface area contributed by atoms with Gasteiger partial charge in [-0.1, -0.05) is 69.2 Å². The minimum atomic E-state index is -1.11. The van der Waals surface area contributed by atoms with E-state index in [0.717, 1.165) is 32.1 Å². The van der Waals surface area contributed by atoms with Crippen molar-refractivity contribution in [3.05, 3.63) is 69.8 Å². The van der Waals surface area contributed by atoms with Gasteiger partial charge >= 0.3 is 5.97 Å². The molecule has 2 aromatic rings. The minimum absolute atomic E-state index is 0.0760. The first-order valence-electron chi connectivity index (χ1n) is 13.0. The first-order valence-corrected chi connectivity index (χ1v) is 13.0. The summed E-state index contributed by atoms with van der Waals surface area (Å²) in [6.45, 7) is 6.55. The Morgan fingerprint density at radius 1 is 1.00 bits per heavy atom. The van der Waals surface area contributed by atoms with Crippen LogP contribution in [0.3, 0.4) is 0 Å². The maximum absolute atomic E-state index is 12.0. The van der Waals surface area contributed by atoms with Crippen molar-refractivity contribution >= 4 is 17.6 Å². The van der Waals surface area contributed by atoms with Crippen molar-refractivity contribution in [2.24, 2.45) is 11.5 Å². The highest BCUT2D eigenvalue weighted by molar-refractivity contribution is 5.85. The lowest BCUT2D eigenvalue weighted by molar-refractivity contribution is -0.149. The Morgan fingerprint density at radius 2 is 1.74 bits per heavy atom. The summed E-state index contributed by atoms with van der Waals surface area (Å²) in [5.41, 5.74) is 20.1. The second kappa shape index (κ2) is 12.3. The van der Waals surface area contributed by atoms with Gasteiger partial charge in [-0.2, -0.15) is 0 Å². The summed E-state index contributed by atoms with van der Waals surface area (Å²) >= 11 is 0. The average Bonchev–Trinajstić information content (AvgIpc) is 2.86. The Kier molecular flexibility index (Phi) is 9.49. The van der Waals surface area contributed by atoms with Crippen LogP contribution in [0.15, 0.2) is 36.4 Å². The van der Waals surface area contributed by atoms with Gasteiger partial charge in [-0.25, -0.2) is 0 Å². The SMILES string of the molecule is CCCCCc1ccc(C2=Cc3cc(CCCOC(=O)C(C)(N)CN)ccc3CC2)c(CC)c1. The number of nitrogens with two attached hydrogens (primary N) is 2. The zero-order valence-corrected chi connectivity index (χ0v) is 21.3. The van der Waals surface area contributed by atoms with Crippen molar-refractivity contribution in [3.63, 3.8) is 0 Å². The van der Waals surface area contributed by atoms with Gasteiger partial charge in [0.05, 0.1) is 6.61 Å². The van der Waals surface area contributed by atoms with Crippen LogP contribution in [0.5, 0.6) is 0 Å². The Labute approximate surface area is 205 Å². The predicted octanol–water partition coefficient (Wildman–Crippen LogP) is 5.62. The Hall–Kier alpha value is -2.43. The normalized spacial score (nSPS) is 14.8. The number of hydrogen-bond acceptors (Lipinski definition) is 4. The third kappa shape index (κ3) is 6.80. The maximum Gasteiger partial charge on any atom is 0.327 e. The number of rotatable bonds is 12. The summed E-state index contributed by atoms with van der Waals surface area (Å²) in [6, 6.07) is 13.9. The molecular weight excluding hydrogens is 420 g/mol. The minimum Gasteiger partial charge on any atom is -0.464 e.